The second kappa shape index (κ2) is 9.23. The number of likely N-dealkylation sites (tertiary alicyclic amines) is 1. The van der Waals surface area contributed by atoms with E-state index in [1.165, 1.54) is 4.90 Å². The maximum absolute atomic E-state index is 12.6. The molecule has 0 unspecified atom stereocenters. The molecule has 0 saturated carbocycles. The molecule has 2 amide bonds. The van der Waals surface area contributed by atoms with E-state index in [0.717, 1.165) is 18.5 Å². The second-order valence-electron chi connectivity index (χ2n) is 6.59. The number of aryl methyl sites for hydroxylation is 1. The average Bonchev–Trinajstić information content (AvgIpc) is 3.01. The van der Waals surface area contributed by atoms with Crippen molar-refractivity contribution >= 4 is 23.6 Å². The van der Waals surface area contributed by atoms with E-state index < -0.39 is 6.09 Å². The minimum absolute atomic E-state index is 0.148. The Morgan fingerprint density at radius 1 is 1.35 bits per heavy atom. The standard InChI is InChI=1S/C17H28ClN5O3/c1-4-10(5-2)19-13-9-23(17(25)26)8-7-12(13)21-16(24)15-20-11(6-3)14(18)22-15/h10,12-13,19H,4-9H2,1-3H3,(H,20,22)(H,21,24)(H,25,26)/t12-,13-/m0/s1. The zero-order valence-corrected chi connectivity index (χ0v) is 16.3. The average molecular weight is 386 g/mol. The van der Waals surface area contributed by atoms with Gasteiger partial charge < -0.3 is 25.6 Å². The molecule has 2 heterocycles. The molecule has 26 heavy (non-hydrogen) atoms. The molecule has 1 aromatic rings. The number of H-pyrrole nitrogens is 1. The van der Waals surface area contributed by atoms with Crippen molar-refractivity contribution in [2.75, 3.05) is 13.1 Å². The lowest BCUT2D eigenvalue weighted by atomic mass is 9.97. The Hall–Kier alpha value is -1.80. The quantitative estimate of drug-likeness (QED) is 0.575. The van der Waals surface area contributed by atoms with Crippen molar-refractivity contribution < 1.29 is 14.7 Å². The monoisotopic (exact) mass is 385 g/mol. The van der Waals surface area contributed by atoms with Crippen LogP contribution >= 0.6 is 11.6 Å². The van der Waals surface area contributed by atoms with E-state index in [2.05, 4.69) is 34.4 Å². The van der Waals surface area contributed by atoms with Crippen LogP contribution in [0.2, 0.25) is 5.15 Å². The Kier molecular flexibility index (Phi) is 7.28. The molecule has 1 saturated heterocycles. The molecule has 0 spiro atoms. The van der Waals surface area contributed by atoms with E-state index in [1.54, 1.807) is 0 Å². The normalized spacial score (nSPS) is 20.4. The molecule has 4 N–H and O–H groups in total. The number of piperidine rings is 1. The van der Waals surface area contributed by atoms with Gasteiger partial charge in [-0.1, -0.05) is 32.4 Å². The van der Waals surface area contributed by atoms with Crippen molar-refractivity contribution in [3.63, 3.8) is 0 Å². The third-order valence-electron chi connectivity index (χ3n) is 4.93. The number of carbonyl (C=O) groups excluding carboxylic acids is 1. The highest BCUT2D eigenvalue weighted by atomic mass is 35.5. The summed E-state index contributed by atoms with van der Waals surface area (Å²) < 4.78 is 0. The van der Waals surface area contributed by atoms with Gasteiger partial charge in [-0.25, -0.2) is 9.78 Å². The van der Waals surface area contributed by atoms with Crippen LogP contribution in [0, 0.1) is 0 Å². The molecular weight excluding hydrogens is 358 g/mol. The van der Waals surface area contributed by atoms with Gasteiger partial charge in [-0.3, -0.25) is 4.79 Å². The zero-order valence-electron chi connectivity index (χ0n) is 15.5. The maximum Gasteiger partial charge on any atom is 0.407 e. The van der Waals surface area contributed by atoms with Gasteiger partial charge >= 0.3 is 6.09 Å². The fraction of sp³-hybridized carbons (Fsp3) is 0.706. The Morgan fingerprint density at radius 2 is 2.04 bits per heavy atom. The molecule has 0 aromatic carbocycles. The maximum atomic E-state index is 12.6. The minimum Gasteiger partial charge on any atom is -0.465 e. The van der Waals surface area contributed by atoms with Crippen LogP contribution < -0.4 is 10.6 Å². The molecular formula is C17H28ClN5O3. The summed E-state index contributed by atoms with van der Waals surface area (Å²) in [4.78, 5) is 32.3. The highest BCUT2D eigenvalue weighted by molar-refractivity contribution is 6.30. The predicted octanol–water partition coefficient (Wildman–Crippen LogP) is 2.25. The first-order chi connectivity index (χ1) is 12.4. The zero-order chi connectivity index (χ0) is 19.3. The first-order valence-corrected chi connectivity index (χ1v) is 9.56. The second-order valence-corrected chi connectivity index (χ2v) is 6.95. The number of halogens is 1. The number of rotatable bonds is 7. The molecule has 0 bridgehead atoms. The first kappa shape index (κ1) is 20.5. The number of nitrogens with zero attached hydrogens (tertiary/aromatic N) is 2. The summed E-state index contributed by atoms with van der Waals surface area (Å²) in [5.74, 6) is -0.134. The number of hydrogen-bond acceptors (Lipinski definition) is 4. The molecule has 9 heteroatoms. The molecule has 0 radical (unpaired) electrons. The molecule has 0 aliphatic carbocycles. The van der Waals surface area contributed by atoms with Crippen molar-refractivity contribution in [1.82, 2.24) is 25.5 Å². The van der Waals surface area contributed by atoms with Gasteiger partial charge in [0.25, 0.3) is 5.91 Å². The smallest absolute Gasteiger partial charge is 0.407 e. The lowest BCUT2D eigenvalue weighted by molar-refractivity contribution is 0.0852. The SMILES string of the molecule is CCc1[nH]c(C(=O)N[C@H]2CCN(C(=O)O)C[C@@H]2NC(CC)CC)nc1Cl. The van der Waals surface area contributed by atoms with E-state index in [9.17, 15) is 14.7 Å². The number of aromatic amines is 1. The van der Waals surface area contributed by atoms with Crippen LogP contribution in [0.5, 0.6) is 0 Å². The summed E-state index contributed by atoms with van der Waals surface area (Å²) in [7, 11) is 0. The lowest BCUT2D eigenvalue weighted by Gasteiger charge is -2.39. The van der Waals surface area contributed by atoms with E-state index in [1.807, 2.05) is 6.92 Å². The van der Waals surface area contributed by atoms with Crippen molar-refractivity contribution in [3.05, 3.63) is 16.7 Å². The lowest BCUT2D eigenvalue weighted by Crippen LogP contribution is -2.61. The third-order valence-corrected chi connectivity index (χ3v) is 5.24. The molecule has 2 rings (SSSR count). The Morgan fingerprint density at radius 3 is 2.58 bits per heavy atom. The van der Waals surface area contributed by atoms with Crippen LogP contribution in [-0.4, -0.2) is 63.2 Å². The van der Waals surface area contributed by atoms with Crippen LogP contribution in [0.15, 0.2) is 0 Å². The predicted molar refractivity (Wildman–Crippen MR) is 99.7 cm³/mol. The van der Waals surface area contributed by atoms with E-state index in [0.29, 0.717) is 31.1 Å². The Bertz CT molecular complexity index is 632. The van der Waals surface area contributed by atoms with Crippen LogP contribution in [0.25, 0.3) is 0 Å². The number of nitrogens with one attached hydrogen (secondary N) is 3. The molecule has 8 nitrogen and oxygen atoms in total. The van der Waals surface area contributed by atoms with Gasteiger partial charge in [-0.15, -0.1) is 0 Å². The summed E-state index contributed by atoms with van der Waals surface area (Å²) in [6.07, 6.45) is 2.15. The fourth-order valence-electron chi connectivity index (χ4n) is 3.26. The largest absolute Gasteiger partial charge is 0.465 e. The van der Waals surface area contributed by atoms with Gasteiger partial charge in [0, 0.05) is 31.2 Å². The minimum atomic E-state index is -0.934. The third kappa shape index (κ3) is 4.88. The Balaban J connectivity index is 2.10. The van der Waals surface area contributed by atoms with E-state index in [4.69, 9.17) is 11.6 Å². The van der Waals surface area contributed by atoms with Gasteiger partial charge in [0.1, 0.15) is 0 Å². The number of amides is 2. The van der Waals surface area contributed by atoms with Crippen LogP contribution in [0.1, 0.15) is 56.3 Å². The topological polar surface area (TPSA) is 110 Å². The number of imidazole rings is 1. The molecule has 1 aromatic heterocycles. The Labute approximate surface area is 158 Å². The van der Waals surface area contributed by atoms with Crippen molar-refractivity contribution in [2.45, 2.75) is 64.6 Å². The molecule has 1 aliphatic rings. The van der Waals surface area contributed by atoms with Crippen LogP contribution in [-0.2, 0) is 6.42 Å². The molecule has 146 valence electrons. The van der Waals surface area contributed by atoms with Crippen LogP contribution in [0.3, 0.4) is 0 Å². The van der Waals surface area contributed by atoms with Crippen molar-refractivity contribution in [2.24, 2.45) is 0 Å². The number of carbonyl (C=O) groups is 2. The summed E-state index contributed by atoms with van der Waals surface area (Å²) in [5, 5.41) is 16.1. The van der Waals surface area contributed by atoms with Crippen LogP contribution in [0.4, 0.5) is 4.79 Å². The van der Waals surface area contributed by atoms with E-state index in [-0.39, 0.29) is 29.9 Å². The summed E-state index contributed by atoms with van der Waals surface area (Å²) in [5.41, 5.74) is 0.726. The number of hydrogen-bond donors (Lipinski definition) is 4. The highest BCUT2D eigenvalue weighted by Gasteiger charge is 2.33. The van der Waals surface area contributed by atoms with Gasteiger partial charge in [-0.2, -0.15) is 0 Å². The van der Waals surface area contributed by atoms with Gasteiger partial charge in [-0.05, 0) is 25.7 Å². The van der Waals surface area contributed by atoms with E-state index >= 15 is 0 Å². The van der Waals surface area contributed by atoms with Gasteiger partial charge in [0.05, 0.1) is 5.69 Å². The van der Waals surface area contributed by atoms with Gasteiger partial charge in [0.15, 0.2) is 11.0 Å². The summed E-state index contributed by atoms with van der Waals surface area (Å²) >= 11 is 6.01. The first-order valence-electron chi connectivity index (χ1n) is 9.18. The molecule has 1 aliphatic heterocycles. The fourth-order valence-corrected chi connectivity index (χ4v) is 3.53. The number of carboxylic acid groups (broad SMARTS) is 1. The van der Waals surface area contributed by atoms with Crippen molar-refractivity contribution in [1.29, 1.82) is 0 Å². The summed E-state index contributed by atoms with van der Waals surface area (Å²) in [6.45, 7) is 6.84. The summed E-state index contributed by atoms with van der Waals surface area (Å²) in [6, 6.07) is -0.0460. The van der Waals surface area contributed by atoms with Crippen molar-refractivity contribution in [3.8, 4) is 0 Å². The number of aromatic nitrogens is 2. The highest BCUT2D eigenvalue weighted by Crippen LogP contribution is 2.16. The molecule has 2 atom stereocenters. The van der Waals surface area contributed by atoms with Gasteiger partial charge in [0.2, 0.25) is 0 Å². The molecule has 1 fully saturated rings.